The van der Waals surface area contributed by atoms with Gasteiger partial charge in [0.15, 0.2) is 0 Å². The van der Waals surface area contributed by atoms with Gasteiger partial charge in [0.1, 0.15) is 11.6 Å². The third-order valence-corrected chi connectivity index (χ3v) is 5.56. The molecule has 4 heterocycles. The maximum Gasteiger partial charge on any atom is 0.573 e. The number of benzene rings is 1. The number of aliphatic imine (C=N–C) groups is 1. The number of hydrogen-bond acceptors (Lipinski definition) is 7. The van der Waals surface area contributed by atoms with E-state index in [2.05, 4.69) is 30.3 Å². The Hall–Kier alpha value is -3.54. The normalized spacial score (nSPS) is 17.1. The lowest BCUT2D eigenvalue weighted by Gasteiger charge is -2.26. The topological polar surface area (TPSA) is 107 Å². The molecular weight excluding hydrogens is 441 g/mol. The van der Waals surface area contributed by atoms with E-state index >= 15 is 0 Å². The molecule has 0 saturated carbocycles. The molecule has 0 radical (unpaired) electrons. The molecule has 0 bridgehead atoms. The Bertz CT molecular complexity index is 1190. The molecular formula is C21H19F3N6O3. The number of amides is 1. The minimum Gasteiger partial charge on any atom is -0.420 e. The number of piperidine rings is 1. The highest BCUT2D eigenvalue weighted by Crippen LogP contribution is 2.29. The van der Waals surface area contributed by atoms with Crippen molar-refractivity contribution in [1.29, 1.82) is 0 Å². The largest absolute Gasteiger partial charge is 0.573 e. The summed E-state index contributed by atoms with van der Waals surface area (Å²) in [4.78, 5) is 16.6. The number of carbonyl (C=O) groups excluding carboxylic acids is 1. The number of nitrogens with one attached hydrogen (secondary N) is 1. The van der Waals surface area contributed by atoms with Gasteiger partial charge in [-0.1, -0.05) is 12.1 Å². The number of rotatable bonds is 5. The first-order valence-electron chi connectivity index (χ1n) is 10.4. The summed E-state index contributed by atoms with van der Waals surface area (Å²) in [7, 11) is 0. The van der Waals surface area contributed by atoms with E-state index in [4.69, 9.17) is 4.42 Å². The van der Waals surface area contributed by atoms with Crippen molar-refractivity contribution in [3.05, 3.63) is 47.6 Å². The third kappa shape index (κ3) is 4.65. The highest BCUT2D eigenvalue weighted by Gasteiger charge is 2.32. The number of aromatic nitrogens is 4. The summed E-state index contributed by atoms with van der Waals surface area (Å²) in [6, 6.07) is 5.43. The number of alkyl halides is 3. The van der Waals surface area contributed by atoms with E-state index in [0.717, 1.165) is 25.9 Å². The molecule has 1 fully saturated rings. The Balaban J connectivity index is 1.34. The lowest BCUT2D eigenvalue weighted by molar-refractivity contribution is -0.274. The SMILES string of the molecule is O=C1Cc2c(-c3nnc(Cc4ccc(OC(F)(F)F)cc4)o3)cnn2C(C2CCNCC2)=N1. The second-order valence-corrected chi connectivity index (χ2v) is 7.85. The van der Waals surface area contributed by atoms with Crippen LogP contribution in [-0.2, 0) is 17.6 Å². The molecule has 33 heavy (non-hydrogen) atoms. The Morgan fingerprint density at radius 3 is 2.64 bits per heavy atom. The number of hydrogen-bond donors (Lipinski definition) is 1. The van der Waals surface area contributed by atoms with Gasteiger partial charge in [0.2, 0.25) is 5.89 Å². The molecule has 2 aromatic heterocycles. The predicted octanol–water partition coefficient (Wildman–Crippen LogP) is 2.75. The van der Waals surface area contributed by atoms with Crippen LogP contribution in [0.5, 0.6) is 5.75 Å². The minimum atomic E-state index is -4.74. The smallest absolute Gasteiger partial charge is 0.420 e. The van der Waals surface area contributed by atoms with E-state index in [1.807, 2.05) is 0 Å². The summed E-state index contributed by atoms with van der Waals surface area (Å²) < 4.78 is 48.3. The zero-order valence-corrected chi connectivity index (χ0v) is 17.3. The summed E-state index contributed by atoms with van der Waals surface area (Å²) in [5.41, 5.74) is 1.90. The van der Waals surface area contributed by atoms with E-state index in [1.54, 1.807) is 10.9 Å². The fraction of sp³-hybridized carbons (Fsp3) is 0.381. The van der Waals surface area contributed by atoms with Gasteiger partial charge in [-0.2, -0.15) is 10.1 Å². The summed E-state index contributed by atoms with van der Waals surface area (Å²) in [5.74, 6) is 0.754. The van der Waals surface area contributed by atoms with Gasteiger partial charge in [-0.3, -0.25) is 4.79 Å². The molecule has 1 aromatic carbocycles. The zero-order valence-electron chi connectivity index (χ0n) is 17.3. The van der Waals surface area contributed by atoms with Crippen LogP contribution in [0.25, 0.3) is 11.5 Å². The fourth-order valence-corrected chi connectivity index (χ4v) is 4.04. The van der Waals surface area contributed by atoms with Crippen molar-refractivity contribution in [2.24, 2.45) is 10.9 Å². The van der Waals surface area contributed by atoms with Gasteiger partial charge >= 0.3 is 6.36 Å². The Morgan fingerprint density at radius 2 is 1.91 bits per heavy atom. The van der Waals surface area contributed by atoms with Crippen LogP contribution in [-0.4, -0.2) is 51.2 Å². The van der Waals surface area contributed by atoms with Crippen LogP contribution in [0.3, 0.4) is 0 Å². The Kier molecular flexibility index (Phi) is 5.44. The predicted molar refractivity (Wildman–Crippen MR) is 109 cm³/mol. The highest BCUT2D eigenvalue weighted by molar-refractivity contribution is 6.01. The number of nitrogens with zero attached hydrogens (tertiary/aromatic N) is 5. The van der Waals surface area contributed by atoms with Crippen LogP contribution in [0.2, 0.25) is 0 Å². The molecule has 0 unspecified atom stereocenters. The number of carbonyl (C=O) groups is 1. The molecule has 0 aliphatic carbocycles. The summed E-state index contributed by atoms with van der Waals surface area (Å²) in [6.45, 7) is 1.72. The first-order chi connectivity index (χ1) is 15.9. The van der Waals surface area contributed by atoms with Crippen molar-refractivity contribution in [2.45, 2.75) is 32.0 Å². The highest BCUT2D eigenvalue weighted by atomic mass is 19.4. The molecule has 172 valence electrons. The molecule has 0 spiro atoms. The Morgan fingerprint density at radius 1 is 1.15 bits per heavy atom. The van der Waals surface area contributed by atoms with Crippen molar-refractivity contribution in [2.75, 3.05) is 13.1 Å². The van der Waals surface area contributed by atoms with Crippen LogP contribution in [0, 0.1) is 5.92 Å². The second kappa shape index (κ2) is 8.43. The summed E-state index contributed by atoms with van der Waals surface area (Å²) in [5, 5.41) is 15.9. The van der Waals surface area contributed by atoms with E-state index < -0.39 is 6.36 Å². The lowest BCUT2D eigenvalue weighted by atomic mass is 9.95. The monoisotopic (exact) mass is 460 g/mol. The number of halogens is 3. The lowest BCUT2D eigenvalue weighted by Crippen LogP contribution is -2.38. The van der Waals surface area contributed by atoms with Crippen LogP contribution in [0.1, 0.15) is 30.0 Å². The molecule has 3 aromatic rings. The minimum absolute atomic E-state index is 0.0855. The Labute approximate surface area is 185 Å². The second-order valence-electron chi connectivity index (χ2n) is 7.85. The average Bonchev–Trinajstić information content (AvgIpc) is 3.41. The van der Waals surface area contributed by atoms with Crippen molar-refractivity contribution in [3.8, 4) is 17.2 Å². The molecule has 2 aliphatic heterocycles. The molecule has 2 aliphatic rings. The molecule has 9 nitrogen and oxygen atoms in total. The van der Waals surface area contributed by atoms with Gasteiger partial charge in [0, 0.05) is 5.92 Å². The standard InChI is InChI=1S/C21H19F3N6O3/c22-21(23,24)33-14-3-1-12(2-4-14)9-18-28-29-20(32-18)15-11-26-30-16(15)10-17(31)27-19(30)13-5-7-25-8-6-13/h1-4,11,13,25H,5-10H2. The van der Waals surface area contributed by atoms with Gasteiger partial charge in [0.25, 0.3) is 11.8 Å². The zero-order chi connectivity index (χ0) is 23.0. The van der Waals surface area contributed by atoms with E-state index in [-0.39, 0.29) is 42.2 Å². The van der Waals surface area contributed by atoms with Gasteiger partial charge in [-0.15, -0.1) is 23.4 Å². The van der Waals surface area contributed by atoms with Crippen molar-refractivity contribution in [1.82, 2.24) is 25.3 Å². The molecule has 1 N–H and O–H groups in total. The maximum atomic E-state index is 12.3. The average molecular weight is 460 g/mol. The van der Waals surface area contributed by atoms with Crippen LogP contribution in [0.15, 0.2) is 39.9 Å². The van der Waals surface area contributed by atoms with Gasteiger partial charge in [-0.05, 0) is 43.6 Å². The first kappa shape index (κ1) is 21.3. The fourth-order valence-electron chi connectivity index (χ4n) is 4.04. The first-order valence-corrected chi connectivity index (χ1v) is 10.4. The van der Waals surface area contributed by atoms with Crippen molar-refractivity contribution < 1.29 is 27.1 Å². The maximum absolute atomic E-state index is 12.3. The van der Waals surface area contributed by atoms with E-state index in [1.165, 1.54) is 24.3 Å². The van der Waals surface area contributed by atoms with Gasteiger partial charge in [-0.25, -0.2) is 4.68 Å². The number of fused-ring (bicyclic) bond motifs is 1. The molecule has 0 atom stereocenters. The molecule has 1 saturated heterocycles. The third-order valence-electron chi connectivity index (χ3n) is 5.56. The van der Waals surface area contributed by atoms with Crippen molar-refractivity contribution >= 4 is 11.7 Å². The summed E-state index contributed by atoms with van der Waals surface area (Å²) >= 11 is 0. The van der Waals surface area contributed by atoms with Crippen LogP contribution >= 0.6 is 0 Å². The van der Waals surface area contributed by atoms with E-state index in [0.29, 0.717) is 22.7 Å². The van der Waals surface area contributed by atoms with Crippen LogP contribution < -0.4 is 10.1 Å². The van der Waals surface area contributed by atoms with Crippen LogP contribution in [0.4, 0.5) is 13.2 Å². The quantitative estimate of drug-likeness (QED) is 0.624. The van der Waals surface area contributed by atoms with Gasteiger partial charge in [0.05, 0.1) is 30.3 Å². The molecule has 1 amide bonds. The molecule has 12 heteroatoms. The number of ether oxygens (including phenoxy) is 1. The van der Waals surface area contributed by atoms with Gasteiger partial charge < -0.3 is 14.5 Å². The van der Waals surface area contributed by atoms with Crippen molar-refractivity contribution in [3.63, 3.8) is 0 Å². The van der Waals surface area contributed by atoms with E-state index in [9.17, 15) is 18.0 Å². The summed E-state index contributed by atoms with van der Waals surface area (Å²) in [6.07, 6.45) is -1.10. The molecule has 5 rings (SSSR count).